The van der Waals surface area contributed by atoms with E-state index in [-0.39, 0.29) is 28.8 Å². The Kier molecular flexibility index (Phi) is 8.65. The second kappa shape index (κ2) is 11.4. The molecule has 3 aromatic carbocycles. The Bertz CT molecular complexity index is 1070. The highest BCUT2D eigenvalue weighted by molar-refractivity contribution is 6.39. The van der Waals surface area contributed by atoms with Gasteiger partial charge in [0, 0.05) is 10.0 Å². The van der Waals surface area contributed by atoms with Gasteiger partial charge in [-0.25, -0.2) is 4.79 Å². The first kappa shape index (κ1) is 24.2. The fourth-order valence-corrected chi connectivity index (χ4v) is 3.84. The molecule has 0 aliphatic carbocycles. The number of nitrogens with one attached hydrogen (secondary N) is 1. The minimum Gasteiger partial charge on any atom is -0.457 e. The summed E-state index contributed by atoms with van der Waals surface area (Å²) in [6.07, 6.45) is -1.52. The maximum Gasteiger partial charge on any atom is 0.369 e. The maximum atomic E-state index is 12.8. The predicted octanol–water partition coefficient (Wildman–Crippen LogP) is 6.57. The monoisotopic (exact) mass is 511 g/mol. The zero-order valence-corrected chi connectivity index (χ0v) is 19.5. The van der Waals surface area contributed by atoms with Crippen LogP contribution in [0.3, 0.4) is 0 Å². The first-order valence-electron chi connectivity index (χ1n) is 9.37. The Morgan fingerprint density at radius 1 is 0.812 bits per heavy atom. The first-order valence-corrected chi connectivity index (χ1v) is 10.9. The van der Waals surface area contributed by atoms with Crippen molar-refractivity contribution < 1.29 is 19.1 Å². The van der Waals surface area contributed by atoms with E-state index in [0.29, 0.717) is 15.6 Å². The standard InChI is InChI=1S/C23H17Cl4NO4/c24-16-9-15(10-17(25)12-16)13-31-23(30)22(28-21-18(26)7-4-8-19(21)27)32-20(29)11-14-5-2-1-3-6-14/h1-10,12,22,28H,11,13H2. The van der Waals surface area contributed by atoms with E-state index in [4.69, 9.17) is 55.9 Å². The number of anilines is 1. The van der Waals surface area contributed by atoms with Crippen LogP contribution in [-0.2, 0) is 32.1 Å². The van der Waals surface area contributed by atoms with Gasteiger partial charge in [0.2, 0.25) is 0 Å². The van der Waals surface area contributed by atoms with Crippen molar-refractivity contribution in [1.29, 1.82) is 0 Å². The SMILES string of the molecule is O=C(Cc1ccccc1)OC(Nc1c(Cl)cccc1Cl)C(=O)OCc1cc(Cl)cc(Cl)c1. The Hall–Kier alpha value is -2.44. The van der Waals surface area contributed by atoms with Gasteiger partial charge in [-0.15, -0.1) is 0 Å². The third kappa shape index (κ3) is 7.04. The smallest absolute Gasteiger partial charge is 0.369 e. The van der Waals surface area contributed by atoms with Gasteiger partial charge in [-0.05, 0) is 41.5 Å². The molecule has 1 unspecified atom stereocenters. The van der Waals surface area contributed by atoms with Crippen LogP contribution in [0.15, 0.2) is 66.7 Å². The lowest BCUT2D eigenvalue weighted by Gasteiger charge is -2.20. The molecule has 32 heavy (non-hydrogen) atoms. The van der Waals surface area contributed by atoms with Crippen LogP contribution in [0.5, 0.6) is 0 Å². The van der Waals surface area contributed by atoms with Gasteiger partial charge in [0.25, 0.3) is 6.23 Å². The molecule has 0 radical (unpaired) electrons. The van der Waals surface area contributed by atoms with Crippen LogP contribution in [0, 0.1) is 0 Å². The third-order valence-electron chi connectivity index (χ3n) is 4.20. The summed E-state index contributed by atoms with van der Waals surface area (Å²) in [5.74, 6) is -1.49. The summed E-state index contributed by atoms with van der Waals surface area (Å²) in [5.41, 5.74) is 1.53. The van der Waals surface area contributed by atoms with E-state index in [1.807, 2.05) is 6.07 Å². The van der Waals surface area contributed by atoms with Crippen molar-refractivity contribution in [3.8, 4) is 0 Å². The summed E-state index contributed by atoms with van der Waals surface area (Å²) < 4.78 is 10.7. The van der Waals surface area contributed by atoms with Gasteiger partial charge < -0.3 is 14.8 Å². The molecule has 0 spiro atoms. The molecule has 0 saturated carbocycles. The van der Waals surface area contributed by atoms with Gasteiger partial charge in [0.1, 0.15) is 6.61 Å². The second-order valence-corrected chi connectivity index (χ2v) is 8.35. The van der Waals surface area contributed by atoms with E-state index in [2.05, 4.69) is 5.32 Å². The summed E-state index contributed by atoms with van der Waals surface area (Å²) in [6.45, 7) is -0.135. The van der Waals surface area contributed by atoms with Crippen molar-refractivity contribution in [2.24, 2.45) is 0 Å². The molecule has 0 aromatic heterocycles. The number of para-hydroxylation sites is 1. The van der Waals surface area contributed by atoms with E-state index >= 15 is 0 Å². The molecule has 1 N–H and O–H groups in total. The number of hydrogen-bond acceptors (Lipinski definition) is 5. The predicted molar refractivity (Wildman–Crippen MR) is 126 cm³/mol. The summed E-state index contributed by atoms with van der Waals surface area (Å²) in [6, 6.07) is 18.6. The normalized spacial score (nSPS) is 11.5. The van der Waals surface area contributed by atoms with Crippen LogP contribution >= 0.6 is 46.4 Å². The number of ether oxygens (including phenoxy) is 2. The lowest BCUT2D eigenvalue weighted by Crippen LogP contribution is -2.36. The molecule has 0 amide bonds. The Morgan fingerprint density at radius 2 is 1.44 bits per heavy atom. The minimum atomic E-state index is -1.49. The van der Waals surface area contributed by atoms with Gasteiger partial charge >= 0.3 is 11.9 Å². The molecule has 9 heteroatoms. The van der Waals surface area contributed by atoms with Crippen molar-refractivity contribution in [3.63, 3.8) is 0 Å². The Balaban J connectivity index is 1.75. The topological polar surface area (TPSA) is 64.6 Å². The van der Waals surface area contributed by atoms with Crippen LogP contribution in [0.2, 0.25) is 20.1 Å². The van der Waals surface area contributed by atoms with Gasteiger partial charge in [0.05, 0.1) is 22.2 Å². The second-order valence-electron chi connectivity index (χ2n) is 6.66. The van der Waals surface area contributed by atoms with Crippen LogP contribution in [0.25, 0.3) is 0 Å². The van der Waals surface area contributed by atoms with E-state index in [1.54, 1.807) is 60.7 Å². The van der Waals surface area contributed by atoms with Gasteiger partial charge in [-0.1, -0.05) is 82.8 Å². The highest BCUT2D eigenvalue weighted by Gasteiger charge is 2.26. The number of benzene rings is 3. The summed E-state index contributed by atoms with van der Waals surface area (Å²) in [5, 5.41) is 4.05. The molecule has 0 bridgehead atoms. The summed E-state index contributed by atoms with van der Waals surface area (Å²) >= 11 is 24.3. The van der Waals surface area contributed by atoms with Gasteiger partial charge in [-0.3, -0.25) is 4.79 Å². The van der Waals surface area contributed by atoms with E-state index < -0.39 is 18.2 Å². The van der Waals surface area contributed by atoms with Gasteiger partial charge in [0.15, 0.2) is 0 Å². The first-order chi connectivity index (χ1) is 15.3. The van der Waals surface area contributed by atoms with Crippen LogP contribution in [0.1, 0.15) is 11.1 Å². The highest BCUT2D eigenvalue weighted by atomic mass is 35.5. The number of carbonyl (C=O) groups is 2. The molecule has 0 fully saturated rings. The van der Waals surface area contributed by atoms with E-state index in [9.17, 15) is 9.59 Å². The highest BCUT2D eigenvalue weighted by Crippen LogP contribution is 2.31. The maximum absolute atomic E-state index is 12.8. The Labute approximate surface area is 205 Å². The summed E-state index contributed by atoms with van der Waals surface area (Å²) in [4.78, 5) is 25.3. The number of esters is 2. The molecule has 0 aliphatic rings. The summed E-state index contributed by atoms with van der Waals surface area (Å²) in [7, 11) is 0. The largest absolute Gasteiger partial charge is 0.457 e. The van der Waals surface area contributed by atoms with E-state index in [0.717, 1.165) is 5.56 Å². The molecular formula is C23H17Cl4NO4. The molecule has 1 atom stereocenters. The quantitative estimate of drug-likeness (QED) is 0.273. The molecule has 0 saturated heterocycles. The van der Waals surface area contributed by atoms with Crippen molar-refractivity contribution in [3.05, 3.63) is 97.9 Å². The number of carbonyl (C=O) groups excluding carboxylic acids is 2. The number of rotatable bonds is 8. The van der Waals surface area contributed by atoms with Crippen molar-refractivity contribution in [1.82, 2.24) is 0 Å². The zero-order chi connectivity index (χ0) is 23.1. The van der Waals surface area contributed by atoms with Crippen LogP contribution in [0.4, 0.5) is 5.69 Å². The zero-order valence-electron chi connectivity index (χ0n) is 16.5. The average Bonchev–Trinajstić information content (AvgIpc) is 2.74. The molecule has 3 rings (SSSR count). The Morgan fingerprint density at radius 3 is 2.06 bits per heavy atom. The van der Waals surface area contributed by atoms with Crippen LogP contribution < -0.4 is 5.32 Å². The van der Waals surface area contributed by atoms with Crippen molar-refractivity contribution >= 4 is 64.0 Å². The third-order valence-corrected chi connectivity index (χ3v) is 5.26. The fourth-order valence-electron chi connectivity index (χ4n) is 2.76. The molecule has 5 nitrogen and oxygen atoms in total. The van der Waals surface area contributed by atoms with Crippen LogP contribution in [-0.4, -0.2) is 18.2 Å². The molecular weight excluding hydrogens is 496 g/mol. The fraction of sp³-hybridized carbons (Fsp3) is 0.130. The molecule has 0 heterocycles. The van der Waals surface area contributed by atoms with Crippen molar-refractivity contribution in [2.45, 2.75) is 19.3 Å². The van der Waals surface area contributed by atoms with E-state index in [1.165, 1.54) is 0 Å². The minimum absolute atomic E-state index is 0.0353. The number of hydrogen-bond donors (Lipinski definition) is 1. The van der Waals surface area contributed by atoms with Gasteiger partial charge in [-0.2, -0.15) is 0 Å². The lowest BCUT2D eigenvalue weighted by molar-refractivity contribution is -0.166. The molecule has 0 aliphatic heterocycles. The number of halogens is 4. The lowest BCUT2D eigenvalue weighted by atomic mass is 10.2. The average molecular weight is 513 g/mol. The molecule has 3 aromatic rings. The molecule has 166 valence electrons. The van der Waals surface area contributed by atoms with Crippen molar-refractivity contribution in [2.75, 3.05) is 5.32 Å².